The quantitative estimate of drug-likeness (QED) is 0.691. The summed E-state index contributed by atoms with van der Waals surface area (Å²) in [5, 5.41) is 0. The maximum atomic E-state index is 5.49. The van der Waals surface area contributed by atoms with Crippen molar-refractivity contribution in [2.75, 3.05) is 6.61 Å². The Kier molecular flexibility index (Phi) is 4.05. The molecule has 1 heterocycles. The van der Waals surface area contributed by atoms with Gasteiger partial charge in [0.2, 0.25) is 0 Å². The molecular weight excluding hydrogens is 204 g/mol. The van der Waals surface area contributed by atoms with E-state index >= 15 is 0 Å². The molecule has 0 unspecified atom stereocenters. The van der Waals surface area contributed by atoms with Crippen molar-refractivity contribution in [2.24, 2.45) is 0 Å². The summed E-state index contributed by atoms with van der Waals surface area (Å²) in [6.07, 6.45) is 4.77. The SMILES string of the molecule is CCCCCCOC1Oc2ccccc2O1. The predicted molar refractivity (Wildman–Crippen MR) is 61.6 cm³/mol. The Hall–Kier alpha value is -1.22. The van der Waals surface area contributed by atoms with Gasteiger partial charge in [0.25, 0.3) is 0 Å². The van der Waals surface area contributed by atoms with E-state index in [1.165, 1.54) is 19.3 Å². The van der Waals surface area contributed by atoms with Gasteiger partial charge in [-0.05, 0) is 18.6 Å². The van der Waals surface area contributed by atoms with Gasteiger partial charge in [0, 0.05) is 0 Å². The fraction of sp³-hybridized carbons (Fsp3) is 0.538. The number of fused-ring (bicyclic) bond motifs is 1. The van der Waals surface area contributed by atoms with Crippen molar-refractivity contribution in [3.63, 3.8) is 0 Å². The molecular formula is C13H18O3. The lowest BCUT2D eigenvalue weighted by atomic mass is 10.2. The third-order valence-electron chi connectivity index (χ3n) is 2.55. The van der Waals surface area contributed by atoms with Crippen molar-refractivity contribution < 1.29 is 14.2 Å². The van der Waals surface area contributed by atoms with E-state index in [0.29, 0.717) is 6.61 Å². The number of hydrogen-bond acceptors (Lipinski definition) is 3. The molecule has 0 aromatic heterocycles. The van der Waals surface area contributed by atoms with E-state index in [1.54, 1.807) is 0 Å². The van der Waals surface area contributed by atoms with Crippen LogP contribution in [0, 0.1) is 0 Å². The minimum absolute atomic E-state index is 0.556. The Bertz CT molecular complexity index is 300. The molecule has 1 aliphatic rings. The molecule has 1 aliphatic heterocycles. The van der Waals surface area contributed by atoms with Gasteiger partial charge < -0.3 is 14.2 Å². The highest BCUT2D eigenvalue weighted by molar-refractivity contribution is 5.41. The van der Waals surface area contributed by atoms with Crippen molar-refractivity contribution >= 4 is 0 Å². The molecule has 0 saturated carbocycles. The van der Waals surface area contributed by atoms with Gasteiger partial charge in [-0.15, -0.1) is 0 Å². The van der Waals surface area contributed by atoms with Crippen molar-refractivity contribution in [1.29, 1.82) is 0 Å². The van der Waals surface area contributed by atoms with Gasteiger partial charge in [-0.2, -0.15) is 0 Å². The zero-order chi connectivity index (χ0) is 11.2. The van der Waals surface area contributed by atoms with E-state index in [-0.39, 0.29) is 0 Å². The molecule has 16 heavy (non-hydrogen) atoms. The number of benzene rings is 1. The molecule has 1 aromatic carbocycles. The molecule has 0 spiro atoms. The standard InChI is InChI=1S/C13H18O3/c1-2-3-4-7-10-14-13-15-11-8-5-6-9-12(11)16-13/h5-6,8-9,13H,2-4,7,10H2,1H3. The molecule has 3 nitrogen and oxygen atoms in total. The maximum absolute atomic E-state index is 5.49. The lowest BCUT2D eigenvalue weighted by Crippen LogP contribution is -2.22. The fourth-order valence-electron chi connectivity index (χ4n) is 1.65. The van der Waals surface area contributed by atoms with Crippen LogP contribution < -0.4 is 9.47 Å². The molecule has 0 amide bonds. The molecule has 1 aromatic rings. The molecule has 88 valence electrons. The zero-order valence-corrected chi connectivity index (χ0v) is 9.65. The Morgan fingerprint density at radius 1 is 1.06 bits per heavy atom. The number of unbranched alkanes of at least 4 members (excludes halogenated alkanes) is 3. The zero-order valence-electron chi connectivity index (χ0n) is 9.65. The van der Waals surface area contributed by atoms with Gasteiger partial charge in [0.05, 0.1) is 6.61 Å². The number of rotatable bonds is 6. The van der Waals surface area contributed by atoms with Crippen molar-refractivity contribution in [3.8, 4) is 11.5 Å². The molecule has 0 aliphatic carbocycles. The Balaban J connectivity index is 1.67. The summed E-state index contributed by atoms with van der Waals surface area (Å²) in [4.78, 5) is 0. The van der Waals surface area contributed by atoms with Crippen molar-refractivity contribution in [3.05, 3.63) is 24.3 Å². The first-order chi connectivity index (χ1) is 7.90. The average Bonchev–Trinajstić information content (AvgIpc) is 2.71. The molecule has 3 heteroatoms. The number of ether oxygens (including phenoxy) is 3. The third kappa shape index (κ3) is 2.89. The molecule has 0 atom stereocenters. The first-order valence-electron chi connectivity index (χ1n) is 5.94. The monoisotopic (exact) mass is 222 g/mol. The van der Waals surface area contributed by atoms with Gasteiger partial charge in [-0.25, -0.2) is 0 Å². The highest BCUT2D eigenvalue weighted by Gasteiger charge is 2.23. The second kappa shape index (κ2) is 5.75. The Morgan fingerprint density at radius 3 is 2.38 bits per heavy atom. The molecule has 0 radical (unpaired) electrons. The van der Waals surface area contributed by atoms with Crippen LogP contribution in [0.1, 0.15) is 32.6 Å². The largest absolute Gasteiger partial charge is 0.428 e. The first kappa shape index (κ1) is 11.3. The van der Waals surface area contributed by atoms with Gasteiger partial charge in [0.15, 0.2) is 11.5 Å². The van der Waals surface area contributed by atoms with Crippen LogP contribution in [0.2, 0.25) is 0 Å². The summed E-state index contributed by atoms with van der Waals surface area (Å²) in [7, 11) is 0. The molecule has 0 N–H and O–H groups in total. The van der Waals surface area contributed by atoms with Crippen molar-refractivity contribution in [1.82, 2.24) is 0 Å². The first-order valence-corrected chi connectivity index (χ1v) is 5.94. The second-order valence-electron chi connectivity index (χ2n) is 3.90. The van der Waals surface area contributed by atoms with Crippen LogP contribution in [-0.4, -0.2) is 13.1 Å². The molecule has 0 saturated heterocycles. The average molecular weight is 222 g/mol. The van der Waals surface area contributed by atoms with Gasteiger partial charge >= 0.3 is 6.48 Å². The Morgan fingerprint density at radius 2 is 1.75 bits per heavy atom. The van der Waals surface area contributed by atoms with E-state index in [4.69, 9.17) is 14.2 Å². The summed E-state index contributed by atoms with van der Waals surface area (Å²) >= 11 is 0. The van der Waals surface area contributed by atoms with Crippen LogP contribution in [0.4, 0.5) is 0 Å². The highest BCUT2D eigenvalue weighted by atomic mass is 16.9. The summed E-state index contributed by atoms with van der Waals surface area (Å²) in [6.45, 7) is 2.33. The van der Waals surface area contributed by atoms with Crippen LogP contribution in [0.15, 0.2) is 24.3 Å². The summed E-state index contributed by atoms with van der Waals surface area (Å²) in [5.41, 5.74) is 0. The molecule has 0 fully saturated rings. The van der Waals surface area contributed by atoms with E-state index in [1.807, 2.05) is 24.3 Å². The van der Waals surface area contributed by atoms with Gasteiger partial charge in [-0.3, -0.25) is 0 Å². The summed E-state index contributed by atoms with van der Waals surface area (Å²) in [6, 6.07) is 7.61. The Labute approximate surface area is 96.3 Å². The number of para-hydroxylation sites is 2. The topological polar surface area (TPSA) is 27.7 Å². The second-order valence-corrected chi connectivity index (χ2v) is 3.90. The van der Waals surface area contributed by atoms with Crippen LogP contribution in [-0.2, 0) is 4.74 Å². The third-order valence-corrected chi connectivity index (χ3v) is 2.55. The van der Waals surface area contributed by atoms with Crippen LogP contribution in [0.3, 0.4) is 0 Å². The highest BCUT2D eigenvalue weighted by Crippen LogP contribution is 2.34. The normalized spacial score (nSPS) is 14.3. The van der Waals surface area contributed by atoms with Crippen LogP contribution in [0.5, 0.6) is 11.5 Å². The minimum Gasteiger partial charge on any atom is -0.428 e. The number of hydrogen-bond donors (Lipinski definition) is 0. The van der Waals surface area contributed by atoms with E-state index in [9.17, 15) is 0 Å². The maximum Gasteiger partial charge on any atom is 0.361 e. The fourth-order valence-corrected chi connectivity index (χ4v) is 1.65. The van der Waals surface area contributed by atoms with E-state index < -0.39 is 6.48 Å². The lowest BCUT2D eigenvalue weighted by Gasteiger charge is -2.10. The van der Waals surface area contributed by atoms with E-state index in [0.717, 1.165) is 17.9 Å². The predicted octanol–water partition coefficient (Wildman–Crippen LogP) is 3.34. The summed E-state index contributed by atoms with van der Waals surface area (Å²) in [5.74, 6) is 1.53. The molecule has 2 rings (SSSR count). The smallest absolute Gasteiger partial charge is 0.361 e. The lowest BCUT2D eigenvalue weighted by molar-refractivity contribution is -0.177. The minimum atomic E-state index is -0.556. The van der Waals surface area contributed by atoms with Crippen LogP contribution in [0.25, 0.3) is 0 Å². The van der Waals surface area contributed by atoms with Crippen molar-refractivity contribution in [2.45, 2.75) is 39.1 Å². The molecule has 0 bridgehead atoms. The van der Waals surface area contributed by atoms with Gasteiger partial charge in [-0.1, -0.05) is 38.3 Å². The van der Waals surface area contributed by atoms with E-state index in [2.05, 4.69) is 6.92 Å². The van der Waals surface area contributed by atoms with Crippen LogP contribution >= 0.6 is 0 Å². The van der Waals surface area contributed by atoms with Gasteiger partial charge in [0.1, 0.15) is 0 Å². The summed E-state index contributed by atoms with van der Waals surface area (Å²) < 4.78 is 16.4.